The Labute approximate surface area is 157 Å². The number of fused-ring (bicyclic) bond motifs is 1. The number of nitrogens with zero attached hydrogens (tertiary/aromatic N) is 5. The van der Waals surface area contributed by atoms with Gasteiger partial charge in [0.25, 0.3) is 5.91 Å². The number of carbonyl (C=O) groups excluding carboxylic acids is 1. The molecule has 4 rings (SSSR count). The molecule has 1 aliphatic rings. The highest BCUT2D eigenvalue weighted by atomic mass is 19.4. The zero-order chi connectivity index (χ0) is 19.9. The fourth-order valence-corrected chi connectivity index (χ4v) is 3.12. The van der Waals surface area contributed by atoms with Crippen molar-refractivity contribution in [1.82, 2.24) is 24.1 Å². The maximum absolute atomic E-state index is 13.4. The van der Waals surface area contributed by atoms with Crippen LogP contribution in [-0.4, -0.2) is 36.2 Å². The molecule has 0 aliphatic heterocycles. The highest BCUT2D eigenvalue weighted by Gasteiger charge is 2.40. The van der Waals surface area contributed by atoms with Crippen molar-refractivity contribution in [3.63, 3.8) is 0 Å². The minimum atomic E-state index is -4.45. The number of alkyl halides is 3. The predicted octanol–water partition coefficient (Wildman–Crippen LogP) is 3.25. The van der Waals surface area contributed by atoms with Crippen LogP contribution in [0.4, 0.5) is 19.0 Å². The van der Waals surface area contributed by atoms with Gasteiger partial charge in [-0.1, -0.05) is 18.2 Å². The number of halogens is 3. The molecule has 3 aromatic rings. The zero-order valence-corrected chi connectivity index (χ0v) is 14.7. The molecule has 144 valence electrons. The SMILES string of the molecule is Cn1ccnc1C(=O)Nc1cnc2ccc(C3CC=CC=C3C(F)(F)F)nn12. The Balaban J connectivity index is 1.69. The number of hydrogen-bond donors (Lipinski definition) is 1. The smallest absolute Gasteiger partial charge is 0.330 e. The first kappa shape index (κ1) is 18.0. The quantitative estimate of drug-likeness (QED) is 0.747. The number of aryl methyl sites for hydroxylation is 1. The molecule has 1 amide bonds. The number of anilines is 1. The maximum atomic E-state index is 13.4. The normalized spacial score (nSPS) is 17.0. The number of allylic oxidation sites excluding steroid dienone is 4. The van der Waals surface area contributed by atoms with E-state index in [0.717, 1.165) is 6.08 Å². The van der Waals surface area contributed by atoms with Crippen LogP contribution in [0, 0.1) is 0 Å². The van der Waals surface area contributed by atoms with Crippen LogP contribution in [-0.2, 0) is 7.05 Å². The van der Waals surface area contributed by atoms with E-state index in [2.05, 4.69) is 20.4 Å². The lowest BCUT2D eigenvalue weighted by molar-refractivity contribution is -0.0961. The number of nitrogens with one attached hydrogen (secondary N) is 1. The fourth-order valence-electron chi connectivity index (χ4n) is 3.12. The van der Waals surface area contributed by atoms with E-state index in [0.29, 0.717) is 5.65 Å². The summed E-state index contributed by atoms with van der Waals surface area (Å²) in [6.45, 7) is 0. The molecule has 0 saturated heterocycles. The summed E-state index contributed by atoms with van der Waals surface area (Å²) in [6, 6.07) is 3.10. The van der Waals surface area contributed by atoms with Crippen molar-refractivity contribution >= 4 is 17.4 Å². The summed E-state index contributed by atoms with van der Waals surface area (Å²) in [5.74, 6) is -0.965. The maximum Gasteiger partial charge on any atom is 0.413 e. The average Bonchev–Trinajstić information content (AvgIpc) is 3.27. The van der Waals surface area contributed by atoms with Gasteiger partial charge in [0.15, 0.2) is 17.3 Å². The first-order valence-corrected chi connectivity index (χ1v) is 8.42. The van der Waals surface area contributed by atoms with E-state index in [9.17, 15) is 18.0 Å². The van der Waals surface area contributed by atoms with Gasteiger partial charge in [-0.15, -0.1) is 0 Å². The molecule has 1 N–H and O–H groups in total. The summed E-state index contributed by atoms with van der Waals surface area (Å²) in [4.78, 5) is 20.5. The molecule has 0 radical (unpaired) electrons. The van der Waals surface area contributed by atoms with Crippen molar-refractivity contribution < 1.29 is 18.0 Å². The van der Waals surface area contributed by atoms with E-state index in [1.807, 2.05) is 0 Å². The Kier molecular flexibility index (Phi) is 4.25. The molecule has 28 heavy (non-hydrogen) atoms. The molecule has 0 bridgehead atoms. The average molecular weight is 388 g/mol. The largest absolute Gasteiger partial charge is 0.413 e. The van der Waals surface area contributed by atoms with Crippen LogP contribution in [0.3, 0.4) is 0 Å². The third-order valence-electron chi connectivity index (χ3n) is 4.49. The highest BCUT2D eigenvalue weighted by molar-refractivity contribution is 6.01. The molecule has 1 atom stereocenters. The number of hydrogen-bond acceptors (Lipinski definition) is 4. The van der Waals surface area contributed by atoms with Gasteiger partial charge in [0.2, 0.25) is 0 Å². The molecule has 0 fully saturated rings. The van der Waals surface area contributed by atoms with E-state index in [-0.39, 0.29) is 23.8 Å². The van der Waals surface area contributed by atoms with E-state index >= 15 is 0 Å². The molecule has 0 aromatic carbocycles. The summed E-state index contributed by atoms with van der Waals surface area (Å²) in [5, 5.41) is 6.96. The summed E-state index contributed by atoms with van der Waals surface area (Å²) >= 11 is 0. The van der Waals surface area contributed by atoms with Gasteiger partial charge in [0, 0.05) is 30.9 Å². The summed E-state index contributed by atoms with van der Waals surface area (Å²) < 4.78 is 43.0. The predicted molar refractivity (Wildman–Crippen MR) is 94.8 cm³/mol. The Morgan fingerprint density at radius 3 is 2.82 bits per heavy atom. The van der Waals surface area contributed by atoms with Gasteiger partial charge in [-0.25, -0.2) is 9.97 Å². The second kappa shape index (κ2) is 6.63. The highest BCUT2D eigenvalue weighted by Crippen LogP contribution is 2.40. The molecular weight excluding hydrogens is 373 g/mol. The van der Waals surface area contributed by atoms with Gasteiger partial charge in [-0.3, -0.25) is 4.79 Å². The Hall–Kier alpha value is -3.43. The lowest BCUT2D eigenvalue weighted by Crippen LogP contribution is -2.22. The van der Waals surface area contributed by atoms with E-state index < -0.39 is 23.6 Å². The topological polar surface area (TPSA) is 77.1 Å². The van der Waals surface area contributed by atoms with Crippen LogP contribution in [0.15, 0.2) is 54.5 Å². The van der Waals surface area contributed by atoms with Crippen molar-refractivity contribution in [1.29, 1.82) is 0 Å². The number of imidazole rings is 2. The first-order chi connectivity index (χ1) is 13.3. The Morgan fingerprint density at radius 2 is 2.11 bits per heavy atom. The van der Waals surface area contributed by atoms with Crippen molar-refractivity contribution in [2.45, 2.75) is 18.5 Å². The van der Waals surface area contributed by atoms with Gasteiger partial charge in [0.1, 0.15) is 0 Å². The van der Waals surface area contributed by atoms with E-state index in [1.54, 1.807) is 30.0 Å². The fraction of sp³-hybridized carbons (Fsp3) is 0.222. The molecule has 7 nitrogen and oxygen atoms in total. The van der Waals surface area contributed by atoms with Crippen molar-refractivity contribution in [2.75, 3.05) is 5.32 Å². The second-order valence-electron chi connectivity index (χ2n) is 6.32. The lowest BCUT2D eigenvalue weighted by atomic mass is 9.88. The number of aromatic nitrogens is 5. The van der Waals surface area contributed by atoms with Crippen LogP contribution in [0.2, 0.25) is 0 Å². The lowest BCUT2D eigenvalue weighted by Gasteiger charge is -2.23. The number of carbonyl (C=O) groups is 1. The van der Waals surface area contributed by atoms with E-state index in [1.165, 1.54) is 29.1 Å². The van der Waals surface area contributed by atoms with Gasteiger partial charge < -0.3 is 9.88 Å². The molecule has 0 saturated carbocycles. The Morgan fingerprint density at radius 1 is 1.29 bits per heavy atom. The number of amides is 1. The van der Waals surface area contributed by atoms with Gasteiger partial charge in [0.05, 0.1) is 11.9 Å². The third-order valence-corrected chi connectivity index (χ3v) is 4.49. The Bertz CT molecular complexity index is 1110. The summed E-state index contributed by atoms with van der Waals surface area (Å²) in [6.07, 6.45) is 4.38. The van der Waals surface area contributed by atoms with Gasteiger partial charge in [-0.05, 0) is 18.6 Å². The monoisotopic (exact) mass is 388 g/mol. The minimum absolute atomic E-state index is 0.186. The molecule has 0 spiro atoms. The molecule has 1 unspecified atom stereocenters. The van der Waals surface area contributed by atoms with Crippen LogP contribution in [0.1, 0.15) is 28.7 Å². The third kappa shape index (κ3) is 3.17. The van der Waals surface area contributed by atoms with Crippen LogP contribution >= 0.6 is 0 Å². The standard InChI is InChI=1S/C18H15F3N6O/c1-26-9-8-22-16(26)17(28)24-15-10-23-14-7-6-13(25-27(14)15)11-4-2-3-5-12(11)18(19,20)21/h2-3,5-11H,4H2,1H3,(H,24,28). The minimum Gasteiger partial charge on any atom is -0.330 e. The van der Waals surface area contributed by atoms with Crippen LogP contribution in [0.5, 0.6) is 0 Å². The van der Waals surface area contributed by atoms with Crippen molar-refractivity contribution in [3.05, 3.63) is 66.0 Å². The molecule has 10 heteroatoms. The molecule has 3 heterocycles. The first-order valence-electron chi connectivity index (χ1n) is 8.42. The zero-order valence-electron chi connectivity index (χ0n) is 14.7. The van der Waals surface area contributed by atoms with Crippen LogP contribution < -0.4 is 5.32 Å². The van der Waals surface area contributed by atoms with Crippen LogP contribution in [0.25, 0.3) is 5.65 Å². The second-order valence-corrected chi connectivity index (χ2v) is 6.32. The van der Waals surface area contributed by atoms with Gasteiger partial charge >= 0.3 is 6.18 Å². The van der Waals surface area contributed by atoms with E-state index in [4.69, 9.17) is 0 Å². The molecule has 3 aromatic heterocycles. The van der Waals surface area contributed by atoms with Crippen molar-refractivity contribution in [3.8, 4) is 0 Å². The molecular formula is C18H15F3N6O. The summed E-state index contributed by atoms with van der Waals surface area (Å²) in [7, 11) is 1.67. The number of rotatable bonds is 3. The summed E-state index contributed by atoms with van der Waals surface area (Å²) in [5.41, 5.74) is -0.00532. The molecule has 1 aliphatic carbocycles. The van der Waals surface area contributed by atoms with Crippen molar-refractivity contribution in [2.24, 2.45) is 7.05 Å². The van der Waals surface area contributed by atoms with Gasteiger partial charge in [-0.2, -0.15) is 22.8 Å².